The lowest BCUT2D eigenvalue weighted by molar-refractivity contribution is 0.668. The maximum Gasteiger partial charge on any atom is 0.137 e. The van der Waals surface area contributed by atoms with Crippen molar-refractivity contribution >= 4 is 71.7 Å². The lowest BCUT2D eigenvalue weighted by Gasteiger charge is -2.28. The second-order valence-corrected chi connectivity index (χ2v) is 12.5. The summed E-state index contributed by atoms with van der Waals surface area (Å²) in [4.78, 5) is 2.38. The third kappa shape index (κ3) is 4.44. The van der Waals surface area contributed by atoms with Gasteiger partial charge in [-0.1, -0.05) is 121 Å². The molecule has 0 aliphatic rings. The third-order valence-electron chi connectivity index (χ3n) is 9.65. The molecule has 0 aliphatic carbocycles. The van der Waals surface area contributed by atoms with Crippen LogP contribution in [0.1, 0.15) is 0 Å². The van der Waals surface area contributed by atoms with Crippen LogP contribution in [0.3, 0.4) is 0 Å². The monoisotopic (exact) mass is 627 g/mol. The number of hydrogen-bond acceptors (Lipinski definition) is 3. The van der Waals surface area contributed by atoms with Crippen molar-refractivity contribution in [2.45, 2.75) is 0 Å². The molecule has 3 nitrogen and oxygen atoms in total. The highest BCUT2D eigenvalue weighted by Crippen LogP contribution is 2.46. The molecular formula is C46H29NO2. The van der Waals surface area contributed by atoms with Crippen LogP contribution >= 0.6 is 0 Å². The van der Waals surface area contributed by atoms with Crippen molar-refractivity contribution in [2.24, 2.45) is 0 Å². The maximum atomic E-state index is 6.41. The van der Waals surface area contributed by atoms with E-state index in [4.69, 9.17) is 8.83 Å². The second kappa shape index (κ2) is 11.0. The molecule has 10 rings (SSSR count). The Morgan fingerprint density at radius 1 is 0.347 bits per heavy atom. The molecular weight excluding hydrogens is 599 g/mol. The lowest BCUT2D eigenvalue weighted by atomic mass is 9.93. The molecule has 0 saturated heterocycles. The van der Waals surface area contributed by atoms with Crippen LogP contribution in [0.2, 0.25) is 0 Å². The first kappa shape index (κ1) is 27.5. The molecule has 0 bridgehead atoms. The summed E-state index contributed by atoms with van der Waals surface area (Å²) in [5.74, 6) is 0. The highest BCUT2D eigenvalue weighted by atomic mass is 16.3. The van der Waals surface area contributed by atoms with Crippen molar-refractivity contribution in [3.05, 3.63) is 176 Å². The van der Waals surface area contributed by atoms with E-state index in [1.165, 1.54) is 27.6 Å². The fourth-order valence-electron chi connectivity index (χ4n) is 7.44. The van der Waals surface area contributed by atoms with E-state index < -0.39 is 0 Å². The number of furan rings is 2. The zero-order chi connectivity index (χ0) is 32.3. The number of hydrogen-bond donors (Lipinski definition) is 0. The molecule has 0 fully saturated rings. The van der Waals surface area contributed by atoms with Gasteiger partial charge in [-0.25, -0.2) is 0 Å². The first-order valence-corrected chi connectivity index (χ1v) is 16.6. The molecule has 10 aromatic rings. The van der Waals surface area contributed by atoms with Crippen molar-refractivity contribution in [3.8, 4) is 22.3 Å². The number of anilines is 3. The number of rotatable bonds is 5. The van der Waals surface area contributed by atoms with Crippen molar-refractivity contribution in [2.75, 3.05) is 4.90 Å². The van der Waals surface area contributed by atoms with E-state index >= 15 is 0 Å². The van der Waals surface area contributed by atoms with Gasteiger partial charge in [0.05, 0.1) is 11.1 Å². The molecule has 0 amide bonds. The summed E-state index contributed by atoms with van der Waals surface area (Å²) in [6.07, 6.45) is 0. The molecule has 2 heterocycles. The van der Waals surface area contributed by atoms with Gasteiger partial charge in [-0.2, -0.15) is 0 Å². The van der Waals surface area contributed by atoms with E-state index in [-0.39, 0.29) is 0 Å². The Morgan fingerprint density at radius 2 is 0.898 bits per heavy atom. The Hall–Kier alpha value is -6.58. The fourth-order valence-corrected chi connectivity index (χ4v) is 7.44. The van der Waals surface area contributed by atoms with Crippen LogP contribution in [-0.4, -0.2) is 0 Å². The van der Waals surface area contributed by atoms with Gasteiger partial charge in [0.2, 0.25) is 0 Å². The van der Waals surface area contributed by atoms with Crippen LogP contribution in [0.25, 0.3) is 76.9 Å². The lowest BCUT2D eigenvalue weighted by Crippen LogP contribution is -2.10. The second-order valence-electron chi connectivity index (χ2n) is 12.5. The summed E-state index contributed by atoms with van der Waals surface area (Å²) in [5, 5.41) is 6.74. The van der Waals surface area contributed by atoms with E-state index in [0.717, 1.165) is 66.3 Å². The summed E-state index contributed by atoms with van der Waals surface area (Å²) in [6, 6.07) is 62.1. The largest absolute Gasteiger partial charge is 0.456 e. The predicted octanol–water partition coefficient (Wildman–Crippen LogP) is 13.4. The van der Waals surface area contributed by atoms with Crippen LogP contribution < -0.4 is 4.90 Å². The van der Waals surface area contributed by atoms with Gasteiger partial charge >= 0.3 is 0 Å². The van der Waals surface area contributed by atoms with E-state index in [0.29, 0.717) is 0 Å². The van der Waals surface area contributed by atoms with Crippen LogP contribution in [0.15, 0.2) is 185 Å². The van der Waals surface area contributed by atoms with Gasteiger partial charge < -0.3 is 13.7 Å². The number of nitrogens with zero attached hydrogens (tertiary/aromatic N) is 1. The fraction of sp³-hybridized carbons (Fsp3) is 0. The highest BCUT2D eigenvalue weighted by molar-refractivity contribution is 6.20. The highest BCUT2D eigenvalue weighted by Gasteiger charge is 2.22. The smallest absolute Gasteiger partial charge is 0.137 e. The van der Waals surface area contributed by atoms with E-state index in [1.54, 1.807) is 0 Å². The van der Waals surface area contributed by atoms with Gasteiger partial charge in [-0.15, -0.1) is 0 Å². The summed E-state index contributed by atoms with van der Waals surface area (Å²) in [6.45, 7) is 0. The van der Waals surface area contributed by atoms with Gasteiger partial charge in [0.1, 0.15) is 22.3 Å². The molecule has 230 valence electrons. The zero-order valence-electron chi connectivity index (χ0n) is 26.5. The molecule has 0 unspecified atom stereocenters. The maximum absolute atomic E-state index is 6.41. The molecule has 8 aromatic carbocycles. The Balaban J connectivity index is 1.29. The minimum absolute atomic E-state index is 0.858. The Morgan fingerprint density at radius 3 is 1.63 bits per heavy atom. The summed E-state index contributed by atoms with van der Waals surface area (Å²) < 4.78 is 12.7. The van der Waals surface area contributed by atoms with Crippen molar-refractivity contribution in [1.29, 1.82) is 0 Å². The van der Waals surface area contributed by atoms with E-state index in [1.807, 2.05) is 24.3 Å². The Kier molecular flexibility index (Phi) is 6.18. The molecule has 0 N–H and O–H groups in total. The number of para-hydroxylation sites is 2. The van der Waals surface area contributed by atoms with Crippen LogP contribution in [0.4, 0.5) is 17.1 Å². The quantitative estimate of drug-likeness (QED) is 0.190. The molecule has 0 aliphatic heterocycles. The first-order valence-electron chi connectivity index (χ1n) is 16.6. The normalized spacial score (nSPS) is 11.7. The van der Waals surface area contributed by atoms with Crippen LogP contribution in [0.5, 0.6) is 0 Å². The predicted molar refractivity (Wildman–Crippen MR) is 204 cm³/mol. The molecule has 0 spiro atoms. The third-order valence-corrected chi connectivity index (χ3v) is 9.65. The minimum atomic E-state index is 0.858. The molecule has 0 atom stereocenters. The summed E-state index contributed by atoms with van der Waals surface area (Å²) >= 11 is 0. The molecule has 0 radical (unpaired) electrons. The molecule has 49 heavy (non-hydrogen) atoms. The van der Waals surface area contributed by atoms with Gasteiger partial charge in [0.25, 0.3) is 0 Å². The van der Waals surface area contributed by atoms with Crippen LogP contribution in [0, 0.1) is 0 Å². The van der Waals surface area contributed by atoms with Crippen molar-refractivity contribution in [1.82, 2.24) is 0 Å². The SMILES string of the molecule is c1ccc(-c2ccc(N(c3ccc4ccc5oc6ccccc6c5c4c3)c3cccc4oc5ccccc5c34)cc2-c2ccccc2)cc1. The first-order chi connectivity index (χ1) is 24.3. The zero-order valence-corrected chi connectivity index (χ0v) is 26.5. The Labute approximate surface area is 282 Å². The summed E-state index contributed by atoms with van der Waals surface area (Å²) in [7, 11) is 0. The summed E-state index contributed by atoms with van der Waals surface area (Å²) in [5.41, 5.74) is 11.4. The number of benzene rings is 8. The topological polar surface area (TPSA) is 29.5 Å². The average Bonchev–Trinajstić information content (AvgIpc) is 3.75. The van der Waals surface area contributed by atoms with Crippen molar-refractivity contribution < 1.29 is 8.83 Å². The molecule has 0 saturated carbocycles. The van der Waals surface area contributed by atoms with Gasteiger partial charge in [0, 0.05) is 27.5 Å². The molecule has 2 aromatic heterocycles. The standard InChI is InChI=1S/C46H29NO2/c1-3-12-30(13-4-1)35-26-25-34(28-38(35)31-14-5-2-6-15-31)47(40-18-11-21-43-46(40)37-17-8-10-20-42(37)48-43)33-24-22-32-23-27-44-45(39(32)29-33)36-16-7-9-19-41(36)49-44/h1-29H. The van der Waals surface area contributed by atoms with Gasteiger partial charge in [0.15, 0.2) is 0 Å². The van der Waals surface area contributed by atoms with Crippen LogP contribution in [-0.2, 0) is 0 Å². The molecule has 3 heteroatoms. The van der Waals surface area contributed by atoms with E-state index in [2.05, 4.69) is 157 Å². The van der Waals surface area contributed by atoms with E-state index in [9.17, 15) is 0 Å². The van der Waals surface area contributed by atoms with Gasteiger partial charge in [-0.3, -0.25) is 0 Å². The van der Waals surface area contributed by atoms with Gasteiger partial charge in [-0.05, 0) is 87.6 Å². The van der Waals surface area contributed by atoms with Crippen molar-refractivity contribution in [3.63, 3.8) is 0 Å². The Bertz CT molecular complexity index is 2830. The average molecular weight is 628 g/mol. The minimum Gasteiger partial charge on any atom is -0.456 e. The number of fused-ring (bicyclic) bond motifs is 8.